The van der Waals surface area contributed by atoms with E-state index in [1.165, 1.54) is 36.6 Å². The number of nitrogens with zero attached hydrogens (tertiary/aromatic N) is 3. The van der Waals surface area contributed by atoms with Crippen LogP contribution in [0.2, 0.25) is 0 Å². The number of hydrogen-bond donors (Lipinski definition) is 0. The van der Waals surface area contributed by atoms with Crippen molar-refractivity contribution in [2.24, 2.45) is 0 Å². The highest BCUT2D eigenvalue weighted by Crippen LogP contribution is 2.25. The number of hydrogen-bond acceptors (Lipinski definition) is 3. The van der Waals surface area contributed by atoms with Crippen LogP contribution in [0.4, 0.5) is 5.82 Å². The Morgan fingerprint density at radius 2 is 1.78 bits per heavy atom. The SMILES string of the molecule is Cc1ccc2ncnc(N3CCCCCC3)c2c1. The molecular formula is C15H19N3. The first-order chi connectivity index (χ1) is 8.84. The molecule has 0 N–H and O–H groups in total. The van der Waals surface area contributed by atoms with Crippen LogP contribution in [0.3, 0.4) is 0 Å². The highest BCUT2D eigenvalue weighted by Gasteiger charge is 2.14. The Morgan fingerprint density at radius 1 is 1.00 bits per heavy atom. The van der Waals surface area contributed by atoms with Crippen LogP contribution < -0.4 is 4.90 Å². The molecule has 1 saturated heterocycles. The highest BCUT2D eigenvalue weighted by molar-refractivity contribution is 5.89. The van der Waals surface area contributed by atoms with Gasteiger partial charge in [-0.05, 0) is 31.9 Å². The van der Waals surface area contributed by atoms with E-state index in [2.05, 4.69) is 40.0 Å². The molecule has 94 valence electrons. The maximum absolute atomic E-state index is 4.53. The van der Waals surface area contributed by atoms with E-state index in [-0.39, 0.29) is 0 Å². The molecule has 1 aromatic carbocycles. The minimum atomic E-state index is 1.05. The first-order valence-corrected chi connectivity index (χ1v) is 6.81. The molecule has 0 bridgehead atoms. The fraction of sp³-hybridized carbons (Fsp3) is 0.467. The topological polar surface area (TPSA) is 29.0 Å². The van der Waals surface area contributed by atoms with Crippen molar-refractivity contribution >= 4 is 16.7 Å². The summed E-state index contributed by atoms with van der Waals surface area (Å²) in [7, 11) is 0. The van der Waals surface area contributed by atoms with Crippen molar-refractivity contribution in [3.8, 4) is 0 Å². The Hall–Kier alpha value is -1.64. The largest absolute Gasteiger partial charge is 0.356 e. The minimum absolute atomic E-state index is 1.05. The summed E-state index contributed by atoms with van der Waals surface area (Å²) >= 11 is 0. The summed E-state index contributed by atoms with van der Waals surface area (Å²) in [4.78, 5) is 11.3. The molecule has 2 heterocycles. The van der Waals surface area contributed by atoms with Gasteiger partial charge in [-0.2, -0.15) is 0 Å². The van der Waals surface area contributed by atoms with Crippen LogP contribution in [0.5, 0.6) is 0 Å². The van der Waals surface area contributed by atoms with Crippen molar-refractivity contribution < 1.29 is 0 Å². The maximum Gasteiger partial charge on any atom is 0.139 e. The van der Waals surface area contributed by atoms with E-state index in [4.69, 9.17) is 0 Å². The van der Waals surface area contributed by atoms with Gasteiger partial charge in [0.15, 0.2) is 0 Å². The lowest BCUT2D eigenvalue weighted by molar-refractivity contribution is 0.726. The Morgan fingerprint density at radius 3 is 2.56 bits per heavy atom. The molecule has 0 unspecified atom stereocenters. The van der Waals surface area contributed by atoms with Crippen LogP contribution >= 0.6 is 0 Å². The second-order valence-corrected chi connectivity index (χ2v) is 5.12. The first-order valence-electron chi connectivity index (χ1n) is 6.81. The Balaban J connectivity index is 2.06. The van der Waals surface area contributed by atoms with Gasteiger partial charge >= 0.3 is 0 Å². The lowest BCUT2D eigenvalue weighted by Crippen LogP contribution is -2.25. The lowest BCUT2D eigenvalue weighted by Gasteiger charge is -2.22. The van der Waals surface area contributed by atoms with Crippen molar-refractivity contribution in [3.05, 3.63) is 30.1 Å². The number of fused-ring (bicyclic) bond motifs is 1. The number of benzene rings is 1. The molecule has 3 rings (SSSR count). The molecule has 1 aliphatic heterocycles. The fourth-order valence-electron chi connectivity index (χ4n) is 2.69. The number of rotatable bonds is 1. The van der Waals surface area contributed by atoms with E-state index >= 15 is 0 Å². The fourth-order valence-corrected chi connectivity index (χ4v) is 2.69. The van der Waals surface area contributed by atoms with Gasteiger partial charge < -0.3 is 4.90 Å². The molecule has 2 aromatic rings. The van der Waals surface area contributed by atoms with Gasteiger partial charge in [0.1, 0.15) is 12.1 Å². The van der Waals surface area contributed by atoms with Gasteiger partial charge in [-0.25, -0.2) is 9.97 Å². The molecule has 1 aliphatic rings. The highest BCUT2D eigenvalue weighted by atomic mass is 15.2. The number of aromatic nitrogens is 2. The first kappa shape index (κ1) is 11.5. The minimum Gasteiger partial charge on any atom is -0.356 e. The quantitative estimate of drug-likeness (QED) is 0.767. The summed E-state index contributed by atoms with van der Waals surface area (Å²) < 4.78 is 0. The smallest absolute Gasteiger partial charge is 0.139 e. The molecule has 0 atom stereocenters. The molecule has 1 fully saturated rings. The summed E-state index contributed by atoms with van der Waals surface area (Å²) in [6.07, 6.45) is 6.93. The van der Waals surface area contributed by atoms with Crippen LogP contribution in [0, 0.1) is 6.92 Å². The number of anilines is 1. The van der Waals surface area contributed by atoms with Gasteiger partial charge in [0.05, 0.1) is 5.52 Å². The second kappa shape index (κ2) is 4.92. The van der Waals surface area contributed by atoms with E-state index in [1.807, 2.05) is 0 Å². The third-order valence-electron chi connectivity index (χ3n) is 3.68. The Bertz CT molecular complexity index is 542. The average Bonchev–Trinajstić information content (AvgIpc) is 2.67. The van der Waals surface area contributed by atoms with Crippen molar-refractivity contribution in [3.63, 3.8) is 0 Å². The van der Waals surface area contributed by atoms with Gasteiger partial charge in [0.25, 0.3) is 0 Å². The summed E-state index contributed by atoms with van der Waals surface area (Å²) in [5.41, 5.74) is 2.32. The molecule has 3 nitrogen and oxygen atoms in total. The summed E-state index contributed by atoms with van der Waals surface area (Å²) in [5, 5.41) is 1.19. The maximum atomic E-state index is 4.53. The number of aryl methyl sites for hydroxylation is 1. The predicted molar refractivity (Wildman–Crippen MR) is 75.0 cm³/mol. The molecule has 0 radical (unpaired) electrons. The molecule has 0 spiro atoms. The summed E-state index contributed by atoms with van der Waals surface area (Å²) in [6, 6.07) is 6.41. The van der Waals surface area contributed by atoms with Gasteiger partial charge in [-0.3, -0.25) is 0 Å². The molecular weight excluding hydrogens is 222 g/mol. The zero-order chi connectivity index (χ0) is 12.4. The van der Waals surface area contributed by atoms with E-state index in [9.17, 15) is 0 Å². The summed E-state index contributed by atoms with van der Waals surface area (Å²) in [6.45, 7) is 4.37. The van der Waals surface area contributed by atoms with Gasteiger partial charge in [0.2, 0.25) is 0 Å². The van der Waals surface area contributed by atoms with Crippen molar-refractivity contribution in [1.82, 2.24) is 9.97 Å². The van der Waals surface area contributed by atoms with Crippen LogP contribution in [0.1, 0.15) is 31.2 Å². The molecule has 18 heavy (non-hydrogen) atoms. The third-order valence-corrected chi connectivity index (χ3v) is 3.68. The lowest BCUT2D eigenvalue weighted by atomic mass is 10.1. The van der Waals surface area contributed by atoms with Gasteiger partial charge in [-0.1, -0.05) is 24.5 Å². The van der Waals surface area contributed by atoms with E-state index in [1.54, 1.807) is 6.33 Å². The predicted octanol–water partition coefficient (Wildman–Crippen LogP) is 3.32. The standard InChI is InChI=1S/C15H19N3/c1-12-6-7-14-13(10-12)15(17-11-16-14)18-8-4-2-3-5-9-18/h6-7,10-11H,2-5,8-9H2,1H3. The normalized spacial score (nSPS) is 16.8. The van der Waals surface area contributed by atoms with Crippen molar-refractivity contribution in [2.75, 3.05) is 18.0 Å². The molecule has 0 saturated carbocycles. The van der Waals surface area contributed by atoms with Crippen LogP contribution in [0.25, 0.3) is 10.9 Å². The van der Waals surface area contributed by atoms with Crippen molar-refractivity contribution in [2.45, 2.75) is 32.6 Å². The Labute approximate surface area is 108 Å². The van der Waals surface area contributed by atoms with E-state index < -0.39 is 0 Å². The molecule has 1 aromatic heterocycles. The zero-order valence-corrected chi connectivity index (χ0v) is 10.9. The Kier molecular flexibility index (Phi) is 3.13. The van der Waals surface area contributed by atoms with Gasteiger partial charge in [0, 0.05) is 18.5 Å². The molecule has 0 aliphatic carbocycles. The van der Waals surface area contributed by atoms with E-state index in [0.29, 0.717) is 0 Å². The van der Waals surface area contributed by atoms with Crippen LogP contribution in [0.15, 0.2) is 24.5 Å². The summed E-state index contributed by atoms with van der Waals surface area (Å²) in [5.74, 6) is 1.12. The van der Waals surface area contributed by atoms with E-state index in [0.717, 1.165) is 24.4 Å². The van der Waals surface area contributed by atoms with Crippen LogP contribution in [-0.2, 0) is 0 Å². The zero-order valence-electron chi connectivity index (χ0n) is 10.9. The monoisotopic (exact) mass is 241 g/mol. The third kappa shape index (κ3) is 2.17. The van der Waals surface area contributed by atoms with Crippen molar-refractivity contribution in [1.29, 1.82) is 0 Å². The van der Waals surface area contributed by atoms with Crippen LogP contribution in [-0.4, -0.2) is 23.1 Å². The molecule has 3 heteroatoms. The molecule has 0 amide bonds. The average molecular weight is 241 g/mol. The van der Waals surface area contributed by atoms with Gasteiger partial charge in [-0.15, -0.1) is 0 Å². The second-order valence-electron chi connectivity index (χ2n) is 5.12.